The van der Waals surface area contributed by atoms with Crippen molar-refractivity contribution in [3.05, 3.63) is 53.6 Å². The van der Waals surface area contributed by atoms with Crippen molar-refractivity contribution in [2.24, 2.45) is 0 Å². The van der Waals surface area contributed by atoms with E-state index in [0.717, 1.165) is 0 Å². The predicted octanol–water partition coefficient (Wildman–Crippen LogP) is 3.56. The maximum atomic E-state index is 4.60. The summed E-state index contributed by atoms with van der Waals surface area (Å²) in [5.74, 6) is 0.686. The van der Waals surface area contributed by atoms with Gasteiger partial charge in [-0.2, -0.15) is 0 Å². The van der Waals surface area contributed by atoms with Gasteiger partial charge in [-0.15, -0.1) is 0 Å². The van der Waals surface area contributed by atoms with Gasteiger partial charge in [-0.05, 0) is 36.3 Å². The van der Waals surface area contributed by atoms with Crippen molar-refractivity contribution in [1.82, 2.24) is 9.97 Å². The van der Waals surface area contributed by atoms with Gasteiger partial charge in [-0.1, -0.05) is 37.1 Å². The van der Waals surface area contributed by atoms with E-state index in [1.54, 1.807) is 11.1 Å². The Morgan fingerprint density at radius 2 is 2.17 bits per heavy atom. The van der Waals surface area contributed by atoms with Crippen LogP contribution in [-0.4, -0.2) is 9.97 Å². The molecular weight excluding hydrogens is 220 g/mol. The van der Waals surface area contributed by atoms with Crippen LogP contribution in [0.3, 0.4) is 0 Å². The molecule has 1 aromatic carbocycles. The standard InChI is InChI=1S/C16H18N2/c1-2-6-13-12(5-1)9-16(15-10-17-11-18-15)8-4-3-7-14(13)16/h1-2,5-6,10-11,14H,3-4,7-9H2,(H,17,18). The molecule has 1 heterocycles. The van der Waals surface area contributed by atoms with Gasteiger partial charge >= 0.3 is 0 Å². The quantitative estimate of drug-likeness (QED) is 0.808. The summed E-state index contributed by atoms with van der Waals surface area (Å²) >= 11 is 0. The minimum atomic E-state index is 0.280. The van der Waals surface area contributed by atoms with Gasteiger partial charge in [0.25, 0.3) is 0 Å². The number of aromatic nitrogens is 2. The summed E-state index contributed by atoms with van der Waals surface area (Å²) in [6.45, 7) is 0. The molecule has 0 aliphatic heterocycles. The number of fused-ring (bicyclic) bond motifs is 3. The summed E-state index contributed by atoms with van der Waals surface area (Å²) in [6.07, 6.45) is 10.4. The van der Waals surface area contributed by atoms with E-state index in [1.807, 2.05) is 6.33 Å². The van der Waals surface area contributed by atoms with E-state index >= 15 is 0 Å². The smallest absolute Gasteiger partial charge is 0.0923 e. The van der Waals surface area contributed by atoms with E-state index in [-0.39, 0.29) is 5.41 Å². The zero-order valence-corrected chi connectivity index (χ0v) is 10.5. The number of rotatable bonds is 1. The molecule has 2 aromatic rings. The van der Waals surface area contributed by atoms with E-state index in [1.165, 1.54) is 37.8 Å². The van der Waals surface area contributed by atoms with Crippen molar-refractivity contribution in [3.8, 4) is 0 Å². The predicted molar refractivity (Wildman–Crippen MR) is 71.6 cm³/mol. The highest BCUT2D eigenvalue weighted by Crippen LogP contribution is 2.55. The van der Waals surface area contributed by atoms with Gasteiger partial charge in [-0.3, -0.25) is 0 Å². The normalized spacial score (nSPS) is 29.9. The number of hydrogen-bond donors (Lipinski definition) is 1. The lowest BCUT2D eigenvalue weighted by Gasteiger charge is -2.38. The molecule has 2 aliphatic rings. The number of nitrogens with one attached hydrogen (secondary N) is 1. The summed E-state index contributed by atoms with van der Waals surface area (Å²) in [4.78, 5) is 7.75. The molecule has 1 N–H and O–H groups in total. The molecule has 2 heteroatoms. The molecule has 2 aliphatic carbocycles. The molecule has 92 valence electrons. The Hall–Kier alpha value is -1.57. The number of imidazole rings is 1. The molecular formula is C16H18N2. The van der Waals surface area contributed by atoms with E-state index in [9.17, 15) is 0 Å². The fourth-order valence-corrected chi connectivity index (χ4v) is 4.21. The van der Waals surface area contributed by atoms with Crippen LogP contribution in [0.4, 0.5) is 0 Å². The molecule has 0 saturated heterocycles. The Morgan fingerprint density at radius 1 is 1.22 bits per heavy atom. The first kappa shape index (κ1) is 10.4. The first-order valence-electron chi connectivity index (χ1n) is 6.97. The molecule has 4 rings (SSSR count). The van der Waals surface area contributed by atoms with E-state index in [0.29, 0.717) is 5.92 Å². The maximum absolute atomic E-state index is 4.60. The molecule has 1 fully saturated rings. The lowest BCUT2D eigenvalue weighted by atomic mass is 9.65. The lowest BCUT2D eigenvalue weighted by molar-refractivity contribution is 0.262. The van der Waals surface area contributed by atoms with Crippen molar-refractivity contribution in [1.29, 1.82) is 0 Å². The number of aromatic amines is 1. The maximum Gasteiger partial charge on any atom is 0.0923 e. The summed E-state index contributed by atoms with van der Waals surface area (Å²) in [7, 11) is 0. The number of H-pyrrole nitrogens is 1. The monoisotopic (exact) mass is 238 g/mol. The second kappa shape index (κ2) is 3.71. The second-order valence-electron chi connectivity index (χ2n) is 5.78. The van der Waals surface area contributed by atoms with Gasteiger partial charge < -0.3 is 4.98 Å². The molecule has 1 aromatic heterocycles. The van der Waals surface area contributed by atoms with Crippen LogP contribution in [-0.2, 0) is 11.8 Å². The third-order valence-corrected chi connectivity index (χ3v) is 4.98. The summed E-state index contributed by atoms with van der Waals surface area (Å²) in [5, 5.41) is 0. The molecule has 0 spiro atoms. The number of nitrogens with zero attached hydrogens (tertiary/aromatic N) is 1. The van der Waals surface area contributed by atoms with Crippen LogP contribution in [0.5, 0.6) is 0 Å². The van der Waals surface area contributed by atoms with Crippen molar-refractivity contribution in [2.45, 2.75) is 43.4 Å². The summed E-state index contributed by atoms with van der Waals surface area (Å²) < 4.78 is 0. The molecule has 0 radical (unpaired) electrons. The fraction of sp³-hybridized carbons (Fsp3) is 0.438. The van der Waals surface area contributed by atoms with Crippen LogP contribution in [0.25, 0.3) is 0 Å². The van der Waals surface area contributed by atoms with Gasteiger partial charge in [0.2, 0.25) is 0 Å². The minimum absolute atomic E-state index is 0.280. The molecule has 2 unspecified atom stereocenters. The first-order valence-corrected chi connectivity index (χ1v) is 6.97. The largest absolute Gasteiger partial charge is 0.351 e. The van der Waals surface area contributed by atoms with Gasteiger partial charge in [-0.25, -0.2) is 4.98 Å². The van der Waals surface area contributed by atoms with Crippen LogP contribution >= 0.6 is 0 Å². The first-order chi connectivity index (χ1) is 8.90. The number of hydrogen-bond acceptors (Lipinski definition) is 1. The van der Waals surface area contributed by atoms with Crippen molar-refractivity contribution >= 4 is 0 Å². The SMILES string of the molecule is c1ccc2c(c1)CC1(c3c[nH]cn3)CCCCC21. The molecule has 2 atom stereocenters. The van der Waals surface area contributed by atoms with Crippen molar-refractivity contribution in [2.75, 3.05) is 0 Å². The summed E-state index contributed by atoms with van der Waals surface area (Å²) in [6, 6.07) is 9.00. The van der Waals surface area contributed by atoms with Gasteiger partial charge in [0.15, 0.2) is 0 Å². The zero-order chi connectivity index (χ0) is 12.0. The topological polar surface area (TPSA) is 28.7 Å². The lowest BCUT2D eigenvalue weighted by Crippen LogP contribution is -2.34. The third-order valence-electron chi connectivity index (χ3n) is 4.98. The van der Waals surface area contributed by atoms with Gasteiger partial charge in [0.05, 0.1) is 12.0 Å². The molecule has 0 amide bonds. The van der Waals surface area contributed by atoms with E-state index in [2.05, 4.69) is 40.4 Å². The van der Waals surface area contributed by atoms with Gasteiger partial charge in [0, 0.05) is 11.6 Å². The average Bonchev–Trinajstić information content (AvgIpc) is 3.05. The van der Waals surface area contributed by atoms with Crippen LogP contribution in [0.2, 0.25) is 0 Å². The second-order valence-corrected chi connectivity index (χ2v) is 5.78. The molecule has 18 heavy (non-hydrogen) atoms. The van der Waals surface area contributed by atoms with E-state index in [4.69, 9.17) is 0 Å². The molecule has 1 saturated carbocycles. The highest BCUT2D eigenvalue weighted by atomic mass is 14.9. The van der Waals surface area contributed by atoms with Crippen LogP contribution in [0.15, 0.2) is 36.8 Å². The fourth-order valence-electron chi connectivity index (χ4n) is 4.21. The van der Waals surface area contributed by atoms with Crippen molar-refractivity contribution < 1.29 is 0 Å². The van der Waals surface area contributed by atoms with Crippen molar-refractivity contribution in [3.63, 3.8) is 0 Å². The zero-order valence-electron chi connectivity index (χ0n) is 10.5. The molecule has 0 bridgehead atoms. The van der Waals surface area contributed by atoms with E-state index < -0.39 is 0 Å². The Morgan fingerprint density at radius 3 is 3.06 bits per heavy atom. The Kier molecular flexibility index (Phi) is 2.14. The average molecular weight is 238 g/mol. The van der Waals surface area contributed by atoms with Crippen LogP contribution < -0.4 is 0 Å². The highest BCUT2D eigenvalue weighted by molar-refractivity contribution is 5.44. The Balaban J connectivity index is 1.88. The highest BCUT2D eigenvalue weighted by Gasteiger charge is 2.49. The molecule has 2 nitrogen and oxygen atoms in total. The Labute approximate surface area is 107 Å². The number of benzene rings is 1. The van der Waals surface area contributed by atoms with Crippen LogP contribution in [0, 0.1) is 0 Å². The van der Waals surface area contributed by atoms with Crippen LogP contribution in [0.1, 0.15) is 48.4 Å². The van der Waals surface area contributed by atoms with Gasteiger partial charge in [0.1, 0.15) is 0 Å². The Bertz CT molecular complexity index is 558. The minimum Gasteiger partial charge on any atom is -0.351 e. The summed E-state index contributed by atoms with van der Waals surface area (Å²) in [5.41, 5.74) is 4.69. The third kappa shape index (κ3) is 1.26.